The third-order valence-electron chi connectivity index (χ3n) is 4.77. The Morgan fingerprint density at radius 2 is 1.48 bits per heavy atom. The lowest BCUT2D eigenvalue weighted by Crippen LogP contribution is -2.17. The van der Waals surface area contributed by atoms with Crippen molar-refractivity contribution >= 4 is 5.97 Å². The molecule has 3 heteroatoms. The molecule has 2 nitrogen and oxygen atoms in total. The summed E-state index contributed by atoms with van der Waals surface area (Å²) < 4.78 is 13.2. The molecule has 3 unspecified atom stereocenters. The van der Waals surface area contributed by atoms with Gasteiger partial charge in [-0.3, -0.25) is 0 Å². The number of unbranched alkanes of at least 4 members (excludes halogenated alkanes) is 10. The van der Waals surface area contributed by atoms with Gasteiger partial charge in [0.25, 0.3) is 0 Å². The summed E-state index contributed by atoms with van der Waals surface area (Å²) in [6.07, 6.45) is 14.7. The van der Waals surface area contributed by atoms with E-state index in [1.54, 1.807) is 0 Å². The van der Waals surface area contributed by atoms with Crippen molar-refractivity contribution in [1.29, 1.82) is 0 Å². The third kappa shape index (κ3) is 8.43. The Hall–Kier alpha value is -0.600. The minimum absolute atomic E-state index is 0.189. The number of aliphatic carboxylic acids is 1. The molecule has 0 aliphatic heterocycles. The van der Waals surface area contributed by atoms with Gasteiger partial charge in [-0.15, -0.1) is 0 Å². The summed E-state index contributed by atoms with van der Waals surface area (Å²) >= 11 is 0. The van der Waals surface area contributed by atoms with Crippen LogP contribution in [0.15, 0.2) is 0 Å². The summed E-state index contributed by atoms with van der Waals surface area (Å²) in [6, 6.07) is 0. The fourth-order valence-corrected chi connectivity index (χ4v) is 3.22. The highest BCUT2D eigenvalue weighted by Gasteiger charge is 2.45. The standard InChI is InChI=1S/C18H33FO2/c1-2-3-4-5-6-7-8-9-10-11-12-13-15-14-16(15)17(19)18(20)21/h15-17H,2-14H2,1H3,(H,20,21). The summed E-state index contributed by atoms with van der Waals surface area (Å²) in [7, 11) is 0. The molecule has 0 radical (unpaired) electrons. The van der Waals surface area contributed by atoms with Crippen molar-refractivity contribution in [2.24, 2.45) is 11.8 Å². The number of carbonyl (C=O) groups is 1. The van der Waals surface area contributed by atoms with Crippen molar-refractivity contribution in [1.82, 2.24) is 0 Å². The van der Waals surface area contributed by atoms with E-state index in [9.17, 15) is 9.18 Å². The molecule has 21 heavy (non-hydrogen) atoms. The lowest BCUT2D eigenvalue weighted by molar-refractivity contribution is -0.143. The molecule has 1 rings (SSSR count). The Labute approximate surface area is 129 Å². The number of alkyl halides is 1. The van der Waals surface area contributed by atoms with Crippen molar-refractivity contribution in [2.45, 2.75) is 96.6 Å². The fraction of sp³-hybridized carbons (Fsp3) is 0.944. The minimum Gasteiger partial charge on any atom is -0.479 e. The van der Waals surface area contributed by atoms with Gasteiger partial charge in [0.2, 0.25) is 0 Å². The van der Waals surface area contributed by atoms with Crippen LogP contribution >= 0.6 is 0 Å². The Kier molecular flexibility index (Phi) is 9.69. The van der Waals surface area contributed by atoms with Crippen molar-refractivity contribution in [3.8, 4) is 0 Å². The molecule has 0 saturated heterocycles. The molecule has 1 aliphatic carbocycles. The quantitative estimate of drug-likeness (QED) is 0.415. The topological polar surface area (TPSA) is 37.3 Å². The number of halogens is 1. The van der Waals surface area contributed by atoms with E-state index in [1.165, 1.54) is 64.2 Å². The van der Waals surface area contributed by atoms with Gasteiger partial charge in [-0.25, -0.2) is 9.18 Å². The second-order valence-corrected chi connectivity index (χ2v) is 6.72. The summed E-state index contributed by atoms with van der Waals surface area (Å²) in [4.78, 5) is 10.5. The van der Waals surface area contributed by atoms with E-state index in [0.29, 0.717) is 5.92 Å². The van der Waals surface area contributed by atoms with E-state index in [-0.39, 0.29) is 5.92 Å². The lowest BCUT2D eigenvalue weighted by Gasteiger charge is -2.03. The fourth-order valence-electron chi connectivity index (χ4n) is 3.22. The van der Waals surface area contributed by atoms with E-state index >= 15 is 0 Å². The Balaban J connectivity index is 1.79. The predicted molar refractivity (Wildman–Crippen MR) is 85.2 cm³/mol. The highest BCUT2D eigenvalue weighted by atomic mass is 19.1. The number of hydrogen-bond acceptors (Lipinski definition) is 1. The molecule has 1 fully saturated rings. The van der Waals surface area contributed by atoms with Crippen LogP contribution in [-0.2, 0) is 4.79 Å². The van der Waals surface area contributed by atoms with Crippen molar-refractivity contribution in [3.63, 3.8) is 0 Å². The van der Waals surface area contributed by atoms with Gasteiger partial charge in [0.05, 0.1) is 0 Å². The van der Waals surface area contributed by atoms with Crippen LogP contribution in [0.4, 0.5) is 4.39 Å². The number of rotatable bonds is 14. The van der Waals surface area contributed by atoms with E-state index < -0.39 is 12.1 Å². The molecule has 1 N–H and O–H groups in total. The van der Waals surface area contributed by atoms with Crippen molar-refractivity contribution < 1.29 is 14.3 Å². The second-order valence-electron chi connectivity index (χ2n) is 6.72. The van der Waals surface area contributed by atoms with Crippen molar-refractivity contribution in [3.05, 3.63) is 0 Å². The number of carboxylic acid groups (broad SMARTS) is 1. The Morgan fingerprint density at radius 3 is 1.95 bits per heavy atom. The number of hydrogen-bond donors (Lipinski definition) is 1. The molecule has 0 aromatic carbocycles. The van der Waals surface area contributed by atoms with Gasteiger partial charge in [0.1, 0.15) is 0 Å². The van der Waals surface area contributed by atoms with Gasteiger partial charge in [-0.2, -0.15) is 0 Å². The predicted octanol–water partition coefficient (Wildman–Crippen LogP) is 5.75. The van der Waals surface area contributed by atoms with E-state index in [1.807, 2.05) is 0 Å². The summed E-state index contributed by atoms with van der Waals surface area (Å²) in [5, 5.41) is 8.60. The van der Waals surface area contributed by atoms with Crippen LogP contribution in [-0.4, -0.2) is 17.2 Å². The highest BCUT2D eigenvalue weighted by Crippen LogP contribution is 2.46. The van der Waals surface area contributed by atoms with Crippen LogP contribution in [0.5, 0.6) is 0 Å². The van der Waals surface area contributed by atoms with Crippen LogP contribution in [0.25, 0.3) is 0 Å². The average molecular weight is 300 g/mol. The smallest absolute Gasteiger partial charge is 0.338 e. The maximum absolute atomic E-state index is 13.2. The monoisotopic (exact) mass is 300 g/mol. The molecule has 0 spiro atoms. The Morgan fingerprint density at radius 1 is 1.00 bits per heavy atom. The van der Waals surface area contributed by atoms with Crippen LogP contribution in [0.3, 0.4) is 0 Å². The molecule has 0 amide bonds. The molecule has 0 aromatic rings. The molecule has 0 bridgehead atoms. The zero-order chi connectivity index (χ0) is 15.5. The first-order valence-electron chi connectivity index (χ1n) is 9.03. The minimum atomic E-state index is -1.62. The molecule has 1 saturated carbocycles. The zero-order valence-electron chi connectivity index (χ0n) is 13.7. The molecule has 124 valence electrons. The zero-order valence-corrected chi connectivity index (χ0v) is 13.7. The van der Waals surface area contributed by atoms with E-state index in [2.05, 4.69) is 6.92 Å². The first-order chi connectivity index (χ1) is 10.2. The molecule has 0 aromatic heterocycles. The SMILES string of the molecule is CCCCCCCCCCCCCC1CC1C(F)C(=O)O. The van der Waals surface area contributed by atoms with Crippen LogP contribution < -0.4 is 0 Å². The number of carboxylic acids is 1. The van der Waals surface area contributed by atoms with Crippen LogP contribution in [0.2, 0.25) is 0 Å². The largest absolute Gasteiger partial charge is 0.479 e. The molecular formula is C18H33FO2. The van der Waals surface area contributed by atoms with Gasteiger partial charge in [-0.1, -0.05) is 84.0 Å². The van der Waals surface area contributed by atoms with Gasteiger partial charge < -0.3 is 5.11 Å². The van der Waals surface area contributed by atoms with Gasteiger partial charge in [-0.05, 0) is 12.3 Å². The van der Waals surface area contributed by atoms with Gasteiger partial charge in [0.15, 0.2) is 6.17 Å². The van der Waals surface area contributed by atoms with E-state index in [0.717, 1.165) is 19.3 Å². The Bertz CT molecular complexity index is 280. The summed E-state index contributed by atoms with van der Waals surface area (Å²) in [5.74, 6) is -1.12. The maximum Gasteiger partial charge on any atom is 0.338 e. The van der Waals surface area contributed by atoms with Gasteiger partial charge in [0, 0.05) is 5.92 Å². The van der Waals surface area contributed by atoms with E-state index in [4.69, 9.17) is 5.11 Å². The first-order valence-corrected chi connectivity index (χ1v) is 9.03. The van der Waals surface area contributed by atoms with Crippen LogP contribution in [0.1, 0.15) is 90.4 Å². The summed E-state index contributed by atoms with van der Waals surface area (Å²) in [6.45, 7) is 2.25. The average Bonchev–Trinajstić information content (AvgIpc) is 3.23. The normalized spacial score (nSPS) is 22.2. The molecule has 3 atom stereocenters. The summed E-state index contributed by atoms with van der Waals surface area (Å²) in [5.41, 5.74) is 0. The van der Waals surface area contributed by atoms with Gasteiger partial charge >= 0.3 is 5.97 Å². The molecular weight excluding hydrogens is 267 g/mol. The first kappa shape index (κ1) is 18.4. The third-order valence-corrected chi connectivity index (χ3v) is 4.77. The molecule has 1 aliphatic rings. The second kappa shape index (κ2) is 11.0. The lowest BCUT2D eigenvalue weighted by atomic mass is 10.0. The van der Waals surface area contributed by atoms with Crippen LogP contribution in [0, 0.1) is 11.8 Å². The highest BCUT2D eigenvalue weighted by molar-refractivity contribution is 5.73. The molecule has 0 heterocycles. The maximum atomic E-state index is 13.2. The van der Waals surface area contributed by atoms with Crippen molar-refractivity contribution in [2.75, 3.05) is 0 Å².